The van der Waals surface area contributed by atoms with Crippen molar-refractivity contribution in [1.29, 1.82) is 0 Å². The number of rotatable bonds is 6. The molecule has 0 bridgehead atoms. The highest BCUT2D eigenvalue weighted by Gasteiger charge is 2.26. The molecule has 0 fully saturated rings. The van der Waals surface area contributed by atoms with Crippen molar-refractivity contribution in [3.63, 3.8) is 0 Å². The van der Waals surface area contributed by atoms with Crippen molar-refractivity contribution in [1.82, 2.24) is 20.0 Å². The molecule has 0 atom stereocenters. The van der Waals surface area contributed by atoms with Crippen molar-refractivity contribution in [2.45, 2.75) is 25.9 Å². The maximum Gasteiger partial charge on any atom is 0.272 e. The molecule has 1 N–H and O–H groups in total. The lowest BCUT2D eigenvalue weighted by atomic mass is 10.1. The number of nitrogens with one attached hydrogen (secondary N) is 1. The number of hydrogen-bond donors (Lipinski definition) is 1. The van der Waals surface area contributed by atoms with Crippen LogP contribution in [0.5, 0.6) is 0 Å². The smallest absolute Gasteiger partial charge is 0.272 e. The number of aryl methyl sites for hydroxylation is 1. The number of benzene rings is 2. The van der Waals surface area contributed by atoms with Crippen molar-refractivity contribution in [3.8, 4) is 0 Å². The van der Waals surface area contributed by atoms with Gasteiger partial charge in [0.2, 0.25) is 0 Å². The highest BCUT2D eigenvalue weighted by atomic mass is 35.5. The summed E-state index contributed by atoms with van der Waals surface area (Å²) in [5, 5.41) is 7.93. The Bertz CT molecular complexity index is 1050. The summed E-state index contributed by atoms with van der Waals surface area (Å²) in [4.78, 5) is 27.4. The van der Waals surface area contributed by atoms with E-state index in [1.807, 2.05) is 59.5 Å². The van der Waals surface area contributed by atoms with Crippen molar-refractivity contribution in [2.24, 2.45) is 0 Å². The van der Waals surface area contributed by atoms with Crippen molar-refractivity contribution < 1.29 is 9.59 Å². The van der Waals surface area contributed by atoms with E-state index >= 15 is 0 Å². The molecular weight excluding hydrogens is 400 g/mol. The molecule has 154 valence electrons. The van der Waals surface area contributed by atoms with Gasteiger partial charge in [0.15, 0.2) is 5.69 Å². The molecule has 0 saturated heterocycles. The van der Waals surface area contributed by atoms with Gasteiger partial charge in [-0.2, -0.15) is 5.10 Å². The maximum atomic E-state index is 13.0. The second-order valence-corrected chi connectivity index (χ2v) is 7.71. The Labute approximate surface area is 180 Å². The lowest BCUT2D eigenvalue weighted by Crippen LogP contribution is -2.30. The number of amides is 2. The van der Waals surface area contributed by atoms with Gasteiger partial charge >= 0.3 is 0 Å². The van der Waals surface area contributed by atoms with E-state index in [9.17, 15) is 9.59 Å². The first-order chi connectivity index (χ1) is 14.6. The molecule has 1 aliphatic rings. The molecule has 30 heavy (non-hydrogen) atoms. The molecule has 0 unspecified atom stereocenters. The summed E-state index contributed by atoms with van der Waals surface area (Å²) in [7, 11) is 0. The van der Waals surface area contributed by atoms with E-state index in [1.165, 1.54) is 0 Å². The predicted octanol–water partition coefficient (Wildman–Crippen LogP) is 3.56. The van der Waals surface area contributed by atoms with Crippen LogP contribution in [0.15, 0.2) is 60.7 Å². The molecule has 2 aromatic carbocycles. The van der Waals surface area contributed by atoms with Gasteiger partial charge in [-0.1, -0.05) is 60.1 Å². The normalized spacial score (nSPS) is 13.6. The van der Waals surface area contributed by atoms with Gasteiger partial charge in [0.25, 0.3) is 11.8 Å². The number of carbonyl (C=O) groups excluding carboxylic acids is 2. The Balaban J connectivity index is 1.42. The number of halogens is 1. The molecule has 0 radical (unpaired) electrons. The molecule has 1 aromatic heterocycles. The van der Waals surface area contributed by atoms with Gasteiger partial charge in [0.1, 0.15) is 5.69 Å². The minimum Gasteiger partial charge on any atom is -0.350 e. The summed E-state index contributed by atoms with van der Waals surface area (Å²) >= 11 is 6.16. The van der Waals surface area contributed by atoms with Crippen LogP contribution in [0.3, 0.4) is 0 Å². The van der Waals surface area contributed by atoms with Gasteiger partial charge < -0.3 is 10.2 Å². The summed E-state index contributed by atoms with van der Waals surface area (Å²) in [6, 6.07) is 19.1. The third-order valence-corrected chi connectivity index (χ3v) is 5.54. The maximum absolute atomic E-state index is 13.0. The molecule has 3 aromatic rings. The Hall–Kier alpha value is -3.12. The van der Waals surface area contributed by atoms with Gasteiger partial charge in [0.05, 0.1) is 0 Å². The van der Waals surface area contributed by atoms with Gasteiger partial charge in [-0.3, -0.25) is 14.3 Å². The van der Waals surface area contributed by atoms with E-state index < -0.39 is 0 Å². The summed E-state index contributed by atoms with van der Waals surface area (Å²) in [6.45, 7) is 2.26. The van der Waals surface area contributed by atoms with Crippen LogP contribution in [-0.4, -0.2) is 39.6 Å². The summed E-state index contributed by atoms with van der Waals surface area (Å²) in [5.41, 5.74) is 2.78. The number of fused-ring (bicyclic) bond motifs is 1. The van der Waals surface area contributed by atoms with Gasteiger partial charge in [-0.15, -0.1) is 0 Å². The quantitative estimate of drug-likeness (QED) is 0.660. The molecule has 0 aliphatic carbocycles. The lowest BCUT2D eigenvalue weighted by Gasteiger charge is -2.20. The average molecular weight is 423 g/mol. The molecule has 0 saturated carbocycles. The Morgan fingerprint density at radius 3 is 2.63 bits per heavy atom. The number of aromatic nitrogens is 2. The second kappa shape index (κ2) is 9.13. The van der Waals surface area contributed by atoms with Crippen LogP contribution in [-0.2, 0) is 19.5 Å². The van der Waals surface area contributed by atoms with E-state index in [1.54, 1.807) is 10.7 Å². The Morgan fingerprint density at radius 1 is 1.07 bits per heavy atom. The third kappa shape index (κ3) is 4.54. The molecule has 4 rings (SSSR count). The highest BCUT2D eigenvalue weighted by Crippen LogP contribution is 2.17. The first-order valence-electron chi connectivity index (χ1n) is 10.0. The molecule has 2 heterocycles. The fourth-order valence-corrected chi connectivity index (χ4v) is 3.83. The molecule has 0 spiro atoms. The van der Waals surface area contributed by atoms with Crippen molar-refractivity contribution in [3.05, 3.63) is 88.2 Å². The largest absolute Gasteiger partial charge is 0.350 e. The zero-order valence-electron chi connectivity index (χ0n) is 16.6. The minimum absolute atomic E-state index is 0.0982. The van der Waals surface area contributed by atoms with Crippen LogP contribution in [0.2, 0.25) is 5.02 Å². The lowest BCUT2D eigenvalue weighted by molar-refractivity contribution is 0.0745. The zero-order chi connectivity index (χ0) is 20.9. The summed E-state index contributed by atoms with van der Waals surface area (Å²) < 4.78 is 1.65. The van der Waals surface area contributed by atoms with Crippen LogP contribution < -0.4 is 5.32 Å². The molecule has 6 nitrogen and oxygen atoms in total. The van der Waals surface area contributed by atoms with Crippen LogP contribution in [0, 0.1) is 0 Å². The van der Waals surface area contributed by atoms with Crippen LogP contribution in [0.25, 0.3) is 0 Å². The highest BCUT2D eigenvalue weighted by molar-refractivity contribution is 6.31. The van der Waals surface area contributed by atoms with Gasteiger partial charge in [0, 0.05) is 37.3 Å². The average Bonchev–Trinajstić information content (AvgIpc) is 3.13. The van der Waals surface area contributed by atoms with Gasteiger partial charge in [-0.25, -0.2) is 0 Å². The van der Waals surface area contributed by atoms with E-state index in [0.717, 1.165) is 17.5 Å². The van der Waals surface area contributed by atoms with Crippen LogP contribution in [0.1, 0.15) is 38.5 Å². The third-order valence-electron chi connectivity index (χ3n) is 5.17. The Morgan fingerprint density at radius 2 is 1.83 bits per heavy atom. The fraction of sp³-hybridized carbons (Fsp3) is 0.261. The van der Waals surface area contributed by atoms with Gasteiger partial charge in [-0.05, 0) is 30.0 Å². The second-order valence-electron chi connectivity index (χ2n) is 7.30. The summed E-state index contributed by atoms with van der Waals surface area (Å²) in [6.07, 6.45) is 1.42. The van der Waals surface area contributed by atoms with E-state index in [-0.39, 0.29) is 17.5 Å². The number of carbonyl (C=O) groups is 2. The SMILES string of the molecule is O=C(NCCc1ccccc1Cl)c1cc2n(n1)CCCN(Cc1ccccc1)C2=O. The molecule has 7 heteroatoms. The molecule has 2 amide bonds. The topological polar surface area (TPSA) is 67.2 Å². The monoisotopic (exact) mass is 422 g/mol. The first-order valence-corrected chi connectivity index (χ1v) is 10.4. The minimum atomic E-state index is -0.287. The molecule has 1 aliphatic heterocycles. The Kier molecular flexibility index (Phi) is 6.14. The van der Waals surface area contributed by atoms with Crippen molar-refractivity contribution in [2.75, 3.05) is 13.1 Å². The molecular formula is C23H23ClN4O2. The predicted molar refractivity (Wildman–Crippen MR) is 116 cm³/mol. The van der Waals surface area contributed by atoms with Crippen LogP contribution >= 0.6 is 11.6 Å². The van der Waals surface area contributed by atoms with Crippen molar-refractivity contribution >= 4 is 23.4 Å². The zero-order valence-corrected chi connectivity index (χ0v) is 17.3. The van der Waals surface area contributed by atoms with E-state index in [4.69, 9.17) is 11.6 Å². The number of nitrogens with zero attached hydrogens (tertiary/aromatic N) is 3. The first kappa shape index (κ1) is 20.2. The van der Waals surface area contributed by atoms with E-state index in [2.05, 4.69) is 10.4 Å². The standard InChI is InChI=1S/C23H23ClN4O2/c24-19-10-5-4-9-18(19)11-12-25-22(29)20-15-21-23(30)27(13-6-14-28(21)26-20)16-17-7-2-1-3-8-17/h1-5,7-10,15H,6,11-14,16H2,(H,25,29). The number of hydrogen-bond acceptors (Lipinski definition) is 3. The summed E-state index contributed by atoms with van der Waals surface area (Å²) in [5.74, 6) is -0.385. The van der Waals surface area contributed by atoms with E-state index in [0.29, 0.717) is 43.3 Å². The van der Waals surface area contributed by atoms with Crippen LogP contribution in [0.4, 0.5) is 0 Å². The fourth-order valence-electron chi connectivity index (χ4n) is 3.60.